The molecule has 0 aromatic heterocycles. The third-order valence-corrected chi connectivity index (χ3v) is 6.90. The van der Waals surface area contributed by atoms with Crippen molar-refractivity contribution < 1.29 is 22.7 Å². The lowest BCUT2D eigenvalue weighted by Gasteiger charge is -2.23. The predicted octanol–water partition coefficient (Wildman–Crippen LogP) is 5.16. The molecular formula is C27H23NO5S. The molecule has 0 saturated heterocycles. The summed E-state index contributed by atoms with van der Waals surface area (Å²) >= 11 is 0. The minimum Gasteiger partial charge on any atom is -0.497 e. The van der Waals surface area contributed by atoms with E-state index in [9.17, 15) is 13.2 Å². The van der Waals surface area contributed by atoms with Gasteiger partial charge in [-0.1, -0.05) is 66.7 Å². The average Bonchev–Trinajstić information content (AvgIpc) is 2.89. The number of para-hydroxylation sites is 1. The minimum atomic E-state index is -4.18. The summed E-state index contributed by atoms with van der Waals surface area (Å²) in [5, 5.41) is 0. The van der Waals surface area contributed by atoms with Gasteiger partial charge in [0.05, 0.1) is 17.7 Å². The van der Waals surface area contributed by atoms with Crippen LogP contribution in [-0.4, -0.2) is 28.0 Å². The van der Waals surface area contributed by atoms with Gasteiger partial charge >= 0.3 is 0 Å². The predicted molar refractivity (Wildman–Crippen MR) is 131 cm³/mol. The number of amides is 1. The number of hydrogen-bond donors (Lipinski definition) is 0. The van der Waals surface area contributed by atoms with E-state index >= 15 is 0 Å². The van der Waals surface area contributed by atoms with Gasteiger partial charge in [0.2, 0.25) is 0 Å². The Morgan fingerprint density at radius 3 is 2.00 bits per heavy atom. The Morgan fingerprint density at radius 2 is 1.35 bits per heavy atom. The highest BCUT2D eigenvalue weighted by Gasteiger charge is 2.31. The van der Waals surface area contributed by atoms with Gasteiger partial charge in [0.15, 0.2) is 6.61 Å². The van der Waals surface area contributed by atoms with Crippen LogP contribution in [0.4, 0.5) is 5.69 Å². The Bertz CT molecular complexity index is 1360. The first kappa shape index (κ1) is 23.1. The van der Waals surface area contributed by atoms with Gasteiger partial charge in [0.25, 0.3) is 15.9 Å². The van der Waals surface area contributed by atoms with Crippen LogP contribution in [0.25, 0.3) is 11.1 Å². The number of rotatable bonds is 8. The van der Waals surface area contributed by atoms with Crippen LogP contribution in [0.5, 0.6) is 11.5 Å². The number of benzene rings is 4. The molecular weight excluding hydrogens is 450 g/mol. The van der Waals surface area contributed by atoms with E-state index < -0.39 is 22.5 Å². The van der Waals surface area contributed by atoms with Crippen LogP contribution >= 0.6 is 0 Å². The largest absolute Gasteiger partial charge is 0.497 e. The molecule has 6 nitrogen and oxygen atoms in total. The third kappa shape index (κ3) is 4.94. The summed E-state index contributed by atoms with van der Waals surface area (Å²) in [6.07, 6.45) is 0. The quantitative estimate of drug-likeness (QED) is 0.353. The summed E-state index contributed by atoms with van der Waals surface area (Å²) in [5.74, 6) is 0.298. The van der Waals surface area contributed by atoms with Crippen LogP contribution in [0, 0.1) is 0 Å². The molecule has 0 bridgehead atoms. The van der Waals surface area contributed by atoms with Gasteiger partial charge in [-0.05, 0) is 48.0 Å². The first-order valence-electron chi connectivity index (χ1n) is 10.6. The van der Waals surface area contributed by atoms with Crippen LogP contribution in [-0.2, 0) is 14.8 Å². The van der Waals surface area contributed by atoms with E-state index in [-0.39, 0.29) is 10.6 Å². The lowest BCUT2D eigenvalue weighted by Crippen LogP contribution is -2.40. The van der Waals surface area contributed by atoms with E-state index in [1.165, 1.54) is 31.4 Å². The molecule has 4 aromatic carbocycles. The number of ether oxygens (including phenoxy) is 2. The number of nitrogens with zero attached hydrogens (tertiary/aromatic N) is 1. The Kier molecular flexibility index (Phi) is 6.94. The molecule has 0 saturated carbocycles. The van der Waals surface area contributed by atoms with Gasteiger partial charge in [-0.15, -0.1) is 0 Å². The van der Waals surface area contributed by atoms with Crippen molar-refractivity contribution in [2.45, 2.75) is 4.90 Å². The third-order valence-electron chi connectivity index (χ3n) is 5.14. The lowest BCUT2D eigenvalue weighted by molar-refractivity contribution is -0.119. The molecule has 7 heteroatoms. The first-order chi connectivity index (χ1) is 16.5. The lowest BCUT2D eigenvalue weighted by atomic mass is 10.1. The van der Waals surface area contributed by atoms with Crippen molar-refractivity contribution in [3.63, 3.8) is 0 Å². The molecule has 0 N–H and O–H groups in total. The zero-order valence-corrected chi connectivity index (χ0v) is 19.3. The topological polar surface area (TPSA) is 72.9 Å². The molecule has 4 aromatic rings. The highest BCUT2D eigenvalue weighted by atomic mass is 32.2. The monoisotopic (exact) mass is 473 g/mol. The number of carbonyl (C=O) groups is 1. The molecule has 0 fully saturated rings. The smallest absolute Gasteiger partial charge is 0.278 e. The van der Waals surface area contributed by atoms with E-state index in [4.69, 9.17) is 9.47 Å². The van der Waals surface area contributed by atoms with Crippen molar-refractivity contribution in [2.24, 2.45) is 0 Å². The summed E-state index contributed by atoms with van der Waals surface area (Å²) in [6.45, 7) is -0.470. The van der Waals surface area contributed by atoms with Crippen LogP contribution in [0.2, 0.25) is 0 Å². The van der Waals surface area contributed by atoms with E-state index in [1.54, 1.807) is 42.5 Å². The fraction of sp³-hybridized carbons (Fsp3) is 0.0741. The average molecular weight is 474 g/mol. The number of hydrogen-bond acceptors (Lipinski definition) is 5. The maximum atomic E-state index is 13.4. The molecule has 0 aliphatic heterocycles. The second-order valence-electron chi connectivity index (χ2n) is 7.33. The molecule has 0 unspecified atom stereocenters. The van der Waals surface area contributed by atoms with Crippen molar-refractivity contribution >= 4 is 21.6 Å². The number of methoxy groups -OCH3 is 1. The summed E-state index contributed by atoms with van der Waals surface area (Å²) < 4.78 is 38.7. The fourth-order valence-corrected chi connectivity index (χ4v) is 4.91. The molecule has 0 aliphatic carbocycles. The Morgan fingerprint density at radius 1 is 0.765 bits per heavy atom. The molecule has 1 amide bonds. The molecule has 172 valence electrons. The number of sulfonamides is 1. The van der Waals surface area contributed by atoms with E-state index in [0.717, 1.165) is 15.4 Å². The normalized spacial score (nSPS) is 11.0. The fourth-order valence-electron chi connectivity index (χ4n) is 3.48. The SMILES string of the molecule is COc1ccc(N(C(=O)COc2ccccc2-c2ccccc2)S(=O)(=O)c2ccccc2)cc1. The maximum Gasteiger partial charge on any atom is 0.278 e. The van der Waals surface area contributed by atoms with Crippen LogP contribution < -0.4 is 13.8 Å². The molecule has 0 heterocycles. The van der Waals surface area contributed by atoms with Crippen molar-refractivity contribution in [2.75, 3.05) is 18.0 Å². The molecule has 34 heavy (non-hydrogen) atoms. The van der Waals surface area contributed by atoms with E-state index in [2.05, 4.69) is 0 Å². The second kappa shape index (κ2) is 10.2. The van der Waals surface area contributed by atoms with Crippen molar-refractivity contribution in [1.29, 1.82) is 0 Å². The molecule has 0 aliphatic rings. The number of anilines is 1. The highest BCUT2D eigenvalue weighted by molar-refractivity contribution is 7.93. The summed E-state index contributed by atoms with van der Waals surface area (Å²) in [4.78, 5) is 13.3. The van der Waals surface area contributed by atoms with Crippen LogP contribution in [0.1, 0.15) is 0 Å². The molecule has 4 rings (SSSR count). The first-order valence-corrected chi connectivity index (χ1v) is 12.0. The van der Waals surface area contributed by atoms with Gasteiger partial charge in [0, 0.05) is 5.56 Å². The molecule has 0 spiro atoms. The van der Waals surface area contributed by atoms with Gasteiger partial charge < -0.3 is 9.47 Å². The van der Waals surface area contributed by atoms with Gasteiger partial charge in [-0.25, -0.2) is 8.42 Å². The summed E-state index contributed by atoms with van der Waals surface area (Å²) in [5.41, 5.74) is 1.92. The maximum absolute atomic E-state index is 13.4. The van der Waals surface area contributed by atoms with Crippen LogP contribution in [0.3, 0.4) is 0 Å². The Hall–Kier alpha value is -4.10. The van der Waals surface area contributed by atoms with Gasteiger partial charge in [-0.3, -0.25) is 4.79 Å². The van der Waals surface area contributed by atoms with Gasteiger partial charge in [-0.2, -0.15) is 4.31 Å². The molecule has 0 atom stereocenters. The molecule has 0 radical (unpaired) electrons. The zero-order valence-electron chi connectivity index (χ0n) is 18.5. The number of carbonyl (C=O) groups excluding carboxylic acids is 1. The summed E-state index contributed by atoms with van der Waals surface area (Å²) in [6, 6.07) is 31.0. The van der Waals surface area contributed by atoms with E-state index in [0.29, 0.717) is 11.5 Å². The summed E-state index contributed by atoms with van der Waals surface area (Å²) in [7, 11) is -2.67. The standard InChI is InChI=1S/C27H23NO5S/c1-32-23-18-16-22(17-19-23)28(34(30,31)24-12-6-3-7-13-24)27(29)20-33-26-15-9-8-14-25(26)21-10-4-2-5-11-21/h2-19H,20H2,1H3. The Labute approximate surface area is 199 Å². The van der Waals surface area contributed by atoms with Crippen molar-refractivity contribution in [1.82, 2.24) is 0 Å². The minimum absolute atomic E-state index is 0.00357. The highest BCUT2D eigenvalue weighted by Crippen LogP contribution is 2.30. The van der Waals surface area contributed by atoms with Crippen LogP contribution in [0.15, 0.2) is 114 Å². The zero-order chi connectivity index (χ0) is 24.0. The van der Waals surface area contributed by atoms with Crippen molar-refractivity contribution in [3.8, 4) is 22.6 Å². The Balaban J connectivity index is 1.66. The van der Waals surface area contributed by atoms with Crippen molar-refractivity contribution in [3.05, 3.63) is 109 Å². The second-order valence-corrected chi connectivity index (χ2v) is 9.11. The van der Waals surface area contributed by atoms with Gasteiger partial charge in [0.1, 0.15) is 11.5 Å². The van der Waals surface area contributed by atoms with E-state index in [1.807, 2.05) is 42.5 Å².